The lowest BCUT2D eigenvalue weighted by Gasteiger charge is -2.37. The van der Waals surface area contributed by atoms with Gasteiger partial charge in [0, 0.05) is 19.6 Å². The summed E-state index contributed by atoms with van der Waals surface area (Å²) in [5.41, 5.74) is 1.69. The van der Waals surface area contributed by atoms with Gasteiger partial charge in [-0.05, 0) is 51.6 Å². The van der Waals surface area contributed by atoms with Crippen molar-refractivity contribution in [2.75, 3.05) is 33.8 Å². The van der Waals surface area contributed by atoms with Crippen molar-refractivity contribution in [2.45, 2.75) is 64.1 Å². The average molecular weight is 335 g/mol. The Morgan fingerprint density at radius 2 is 2.12 bits per heavy atom. The van der Waals surface area contributed by atoms with Crippen molar-refractivity contribution in [2.24, 2.45) is 5.41 Å². The summed E-state index contributed by atoms with van der Waals surface area (Å²) in [6, 6.07) is 0.470. The van der Waals surface area contributed by atoms with E-state index in [2.05, 4.69) is 46.1 Å². The van der Waals surface area contributed by atoms with Crippen molar-refractivity contribution < 1.29 is 4.74 Å². The fourth-order valence-corrected chi connectivity index (χ4v) is 4.36. The van der Waals surface area contributed by atoms with Crippen LogP contribution in [0.3, 0.4) is 0 Å². The largest absolute Gasteiger partial charge is 0.374 e. The first kappa shape index (κ1) is 17.8. The SMILES string of the molecule is CNCCN(C)Cc1cnnn1[C@H]1CC[C@]2(CC1)CC(C)(C)CO2. The second-order valence-corrected chi connectivity index (χ2v) is 8.56. The lowest BCUT2D eigenvalue weighted by Crippen LogP contribution is -2.35. The molecule has 24 heavy (non-hydrogen) atoms. The van der Waals surface area contributed by atoms with Gasteiger partial charge in [-0.1, -0.05) is 19.1 Å². The molecule has 3 rings (SSSR count). The first-order valence-electron chi connectivity index (χ1n) is 9.29. The van der Waals surface area contributed by atoms with Crippen LogP contribution in [-0.2, 0) is 11.3 Å². The number of likely N-dealkylation sites (N-methyl/N-ethyl adjacent to an activating group) is 2. The van der Waals surface area contributed by atoms with Crippen molar-refractivity contribution in [3.8, 4) is 0 Å². The second kappa shape index (κ2) is 7.10. The van der Waals surface area contributed by atoms with Crippen LogP contribution in [0, 0.1) is 5.41 Å². The molecule has 2 aliphatic rings. The second-order valence-electron chi connectivity index (χ2n) is 8.56. The first-order valence-corrected chi connectivity index (χ1v) is 9.29. The molecule has 1 N–H and O–H groups in total. The van der Waals surface area contributed by atoms with Gasteiger partial charge in [0.25, 0.3) is 0 Å². The van der Waals surface area contributed by atoms with E-state index in [1.165, 1.54) is 12.1 Å². The molecule has 136 valence electrons. The van der Waals surface area contributed by atoms with Gasteiger partial charge in [0.1, 0.15) is 0 Å². The van der Waals surface area contributed by atoms with Crippen molar-refractivity contribution in [1.82, 2.24) is 25.2 Å². The van der Waals surface area contributed by atoms with E-state index in [1.807, 2.05) is 13.2 Å². The molecule has 0 bridgehead atoms. The standard InChI is InChI=1S/C18H33N5O/c1-17(2)13-18(24-14-17)7-5-15(6-8-18)23-16(11-20-21-23)12-22(4)10-9-19-3/h11,15,19H,5-10,12-14H2,1-4H3/t15-,18-. The third-order valence-electron chi connectivity index (χ3n) is 5.61. The van der Waals surface area contributed by atoms with E-state index in [4.69, 9.17) is 4.74 Å². The van der Waals surface area contributed by atoms with Crippen molar-refractivity contribution in [1.29, 1.82) is 0 Å². The first-order chi connectivity index (χ1) is 11.4. The van der Waals surface area contributed by atoms with Crippen LogP contribution >= 0.6 is 0 Å². The minimum Gasteiger partial charge on any atom is -0.374 e. The van der Waals surface area contributed by atoms with E-state index < -0.39 is 0 Å². The molecule has 0 radical (unpaired) electrons. The molecule has 2 heterocycles. The number of hydrogen-bond acceptors (Lipinski definition) is 5. The van der Waals surface area contributed by atoms with E-state index in [1.54, 1.807) is 0 Å². The van der Waals surface area contributed by atoms with Crippen molar-refractivity contribution >= 4 is 0 Å². The van der Waals surface area contributed by atoms with Crippen LogP contribution in [0.15, 0.2) is 6.20 Å². The fraction of sp³-hybridized carbons (Fsp3) is 0.889. The molecule has 1 aromatic rings. The summed E-state index contributed by atoms with van der Waals surface area (Å²) in [6.45, 7) is 8.48. The average Bonchev–Trinajstić information content (AvgIpc) is 3.11. The number of ether oxygens (including phenoxy) is 1. The fourth-order valence-electron chi connectivity index (χ4n) is 4.36. The summed E-state index contributed by atoms with van der Waals surface area (Å²) >= 11 is 0. The predicted octanol–water partition coefficient (Wildman–Crippen LogP) is 2.23. The van der Waals surface area contributed by atoms with E-state index in [9.17, 15) is 0 Å². The van der Waals surface area contributed by atoms with Gasteiger partial charge in [0.05, 0.1) is 30.1 Å². The van der Waals surface area contributed by atoms with Crippen LogP contribution in [0.1, 0.15) is 57.7 Å². The van der Waals surface area contributed by atoms with Gasteiger partial charge in [-0.2, -0.15) is 0 Å². The minimum atomic E-state index is 0.129. The third kappa shape index (κ3) is 3.98. The molecule has 2 fully saturated rings. The predicted molar refractivity (Wildman–Crippen MR) is 94.9 cm³/mol. The van der Waals surface area contributed by atoms with Gasteiger partial charge >= 0.3 is 0 Å². The molecule has 0 amide bonds. The number of nitrogens with zero attached hydrogens (tertiary/aromatic N) is 4. The van der Waals surface area contributed by atoms with Crippen LogP contribution in [0.5, 0.6) is 0 Å². The highest BCUT2D eigenvalue weighted by molar-refractivity contribution is 5.01. The van der Waals surface area contributed by atoms with Gasteiger partial charge in [-0.15, -0.1) is 5.10 Å². The van der Waals surface area contributed by atoms with Gasteiger partial charge < -0.3 is 10.1 Å². The summed E-state index contributed by atoms with van der Waals surface area (Å²) in [5, 5.41) is 11.8. The lowest BCUT2D eigenvalue weighted by atomic mass is 9.75. The van der Waals surface area contributed by atoms with Crippen LogP contribution in [-0.4, -0.2) is 59.3 Å². The minimum absolute atomic E-state index is 0.129. The summed E-state index contributed by atoms with van der Waals surface area (Å²) < 4.78 is 8.41. The molecule has 0 aromatic carbocycles. The molecule has 0 unspecified atom stereocenters. The van der Waals surface area contributed by atoms with Gasteiger partial charge in [0.2, 0.25) is 0 Å². The molecule has 1 saturated heterocycles. The normalized spacial score (nSPS) is 29.6. The molecule has 1 aliphatic carbocycles. The van der Waals surface area contributed by atoms with Crippen LogP contribution in [0.4, 0.5) is 0 Å². The Balaban J connectivity index is 1.58. The molecule has 0 atom stereocenters. The Morgan fingerprint density at radius 3 is 2.75 bits per heavy atom. The maximum absolute atomic E-state index is 6.24. The lowest BCUT2D eigenvalue weighted by molar-refractivity contribution is -0.0355. The highest BCUT2D eigenvalue weighted by Gasteiger charge is 2.46. The Labute approximate surface area is 145 Å². The molecule has 1 aliphatic heterocycles. The quantitative estimate of drug-likeness (QED) is 0.864. The van der Waals surface area contributed by atoms with Crippen LogP contribution < -0.4 is 5.32 Å². The van der Waals surface area contributed by atoms with Crippen molar-refractivity contribution in [3.63, 3.8) is 0 Å². The summed E-state index contributed by atoms with van der Waals surface area (Å²) in [4.78, 5) is 2.32. The van der Waals surface area contributed by atoms with E-state index in [0.717, 1.165) is 51.9 Å². The summed E-state index contributed by atoms with van der Waals surface area (Å²) in [6.07, 6.45) is 7.71. The third-order valence-corrected chi connectivity index (χ3v) is 5.61. The van der Waals surface area contributed by atoms with E-state index >= 15 is 0 Å². The highest BCUT2D eigenvalue weighted by atomic mass is 16.5. The zero-order valence-corrected chi connectivity index (χ0v) is 15.7. The molecular weight excluding hydrogens is 302 g/mol. The number of hydrogen-bond donors (Lipinski definition) is 1. The monoisotopic (exact) mass is 335 g/mol. The van der Waals surface area contributed by atoms with E-state index in [0.29, 0.717) is 11.5 Å². The highest BCUT2D eigenvalue weighted by Crippen LogP contribution is 2.48. The Morgan fingerprint density at radius 1 is 1.38 bits per heavy atom. The van der Waals surface area contributed by atoms with Crippen LogP contribution in [0.25, 0.3) is 0 Å². The van der Waals surface area contributed by atoms with Gasteiger partial charge in [-0.3, -0.25) is 4.90 Å². The maximum Gasteiger partial charge on any atom is 0.0738 e. The zero-order chi connectivity index (χ0) is 17.2. The molecule has 6 nitrogen and oxygen atoms in total. The van der Waals surface area contributed by atoms with Crippen molar-refractivity contribution in [3.05, 3.63) is 11.9 Å². The Kier molecular flexibility index (Phi) is 5.27. The zero-order valence-electron chi connectivity index (χ0n) is 15.7. The number of nitrogens with one attached hydrogen (secondary N) is 1. The number of rotatable bonds is 6. The van der Waals surface area contributed by atoms with Gasteiger partial charge in [0.15, 0.2) is 0 Å². The van der Waals surface area contributed by atoms with E-state index in [-0.39, 0.29) is 5.60 Å². The smallest absolute Gasteiger partial charge is 0.0738 e. The summed E-state index contributed by atoms with van der Waals surface area (Å²) in [7, 11) is 4.14. The molecule has 1 spiro atoms. The molecule has 1 saturated carbocycles. The summed E-state index contributed by atoms with van der Waals surface area (Å²) in [5.74, 6) is 0. The Hall–Kier alpha value is -0.980. The topological polar surface area (TPSA) is 55.2 Å². The Bertz CT molecular complexity index is 533. The molecule has 6 heteroatoms. The van der Waals surface area contributed by atoms with Gasteiger partial charge in [-0.25, -0.2) is 4.68 Å². The number of aromatic nitrogens is 3. The maximum atomic E-state index is 6.24. The molecule has 1 aromatic heterocycles. The molecular formula is C18H33N5O. The van der Waals surface area contributed by atoms with Crippen LogP contribution in [0.2, 0.25) is 0 Å².